The van der Waals surface area contributed by atoms with Gasteiger partial charge in [-0.3, -0.25) is 4.79 Å². The van der Waals surface area contributed by atoms with E-state index in [1.54, 1.807) is 30.3 Å². The van der Waals surface area contributed by atoms with Crippen LogP contribution in [0.15, 0.2) is 30.3 Å². The molecule has 1 unspecified atom stereocenters. The molecule has 3 N–H and O–H groups in total. The molecule has 0 aliphatic rings. The summed E-state index contributed by atoms with van der Waals surface area (Å²) in [6.45, 7) is 0. The monoisotopic (exact) mass is 221 g/mol. The Morgan fingerprint density at radius 3 is 2.69 bits per heavy atom. The number of ether oxygens (including phenoxy) is 1. The highest BCUT2D eigenvalue weighted by Crippen LogP contribution is 2.11. The van der Waals surface area contributed by atoms with E-state index in [0.717, 1.165) is 5.56 Å². The van der Waals surface area contributed by atoms with Crippen LogP contribution in [0.1, 0.15) is 12.0 Å². The molecule has 1 rings (SSSR count). The minimum atomic E-state index is -0.627. The molecule has 4 heteroatoms. The molecule has 0 aromatic heterocycles. The van der Waals surface area contributed by atoms with Gasteiger partial charge in [0.25, 0.3) is 0 Å². The SMILES string of the molecule is COC(=O)C(N)C/C=C/c1ccc(O)cc1. The molecule has 0 fully saturated rings. The fourth-order valence-electron chi connectivity index (χ4n) is 1.18. The van der Waals surface area contributed by atoms with Crippen LogP contribution in [0.3, 0.4) is 0 Å². The van der Waals surface area contributed by atoms with Crippen molar-refractivity contribution in [2.24, 2.45) is 5.73 Å². The van der Waals surface area contributed by atoms with Crippen molar-refractivity contribution in [3.8, 4) is 5.75 Å². The van der Waals surface area contributed by atoms with E-state index in [4.69, 9.17) is 10.8 Å². The van der Waals surface area contributed by atoms with Crippen molar-refractivity contribution in [2.75, 3.05) is 7.11 Å². The second-order valence-electron chi connectivity index (χ2n) is 3.36. The van der Waals surface area contributed by atoms with Crippen molar-refractivity contribution >= 4 is 12.0 Å². The lowest BCUT2D eigenvalue weighted by Gasteiger charge is -2.04. The van der Waals surface area contributed by atoms with Gasteiger partial charge < -0.3 is 15.6 Å². The van der Waals surface area contributed by atoms with Gasteiger partial charge in [-0.25, -0.2) is 0 Å². The number of benzene rings is 1. The van der Waals surface area contributed by atoms with Gasteiger partial charge in [0.1, 0.15) is 11.8 Å². The lowest BCUT2D eigenvalue weighted by Crippen LogP contribution is -2.30. The van der Waals surface area contributed by atoms with E-state index in [-0.39, 0.29) is 5.75 Å². The maximum Gasteiger partial charge on any atom is 0.322 e. The van der Waals surface area contributed by atoms with Crippen molar-refractivity contribution in [1.82, 2.24) is 0 Å². The molecule has 0 aliphatic heterocycles. The number of hydrogen-bond acceptors (Lipinski definition) is 4. The zero-order valence-electron chi connectivity index (χ0n) is 9.09. The molecule has 0 saturated carbocycles. The van der Waals surface area contributed by atoms with Crippen molar-refractivity contribution in [1.29, 1.82) is 0 Å². The molecule has 1 aromatic carbocycles. The van der Waals surface area contributed by atoms with Gasteiger partial charge in [0, 0.05) is 0 Å². The van der Waals surface area contributed by atoms with Crippen LogP contribution in [0, 0.1) is 0 Å². The Morgan fingerprint density at radius 1 is 1.50 bits per heavy atom. The number of carbonyl (C=O) groups is 1. The third-order valence-corrected chi connectivity index (χ3v) is 2.10. The van der Waals surface area contributed by atoms with Crippen LogP contribution in [0.4, 0.5) is 0 Å². The predicted octanol–water partition coefficient (Wildman–Crippen LogP) is 1.30. The Hall–Kier alpha value is -1.81. The second kappa shape index (κ2) is 5.92. The largest absolute Gasteiger partial charge is 0.508 e. The number of phenolic OH excluding ortho intramolecular Hbond substituents is 1. The van der Waals surface area contributed by atoms with Gasteiger partial charge in [-0.2, -0.15) is 0 Å². The average molecular weight is 221 g/mol. The molecule has 1 atom stereocenters. The Morgan fingerprint density at radius 2 is 2.12 bits per heavy atom. The molecule has 86 valence electrons. The van der Waals surface area contributed by atoms with E-state index in [1.165, 1.54) is 7.11 Å². The van der Waals surface area contributed by atoms with Crippen LogP contribution in [-0.4, -0.2) is 24.2 Å². The number of methoxy groups -OCH3 is 1. The van der Waals surface area contributed by atoms with Gasteiger partial charge in [-0.05, 0) is 24.1 Å². The highest BCUT2D eigenvalue weighted by Gasteiger charge is 2.10. The minimum absolute atomic E-state index is 0.225. The fourth-order valence-corrected chi connectivity index (χ4v) is 1.18. The molecule has 0 spiro atoms. The topological polar surface area (TPSA) is 72.5 Å². The molecule has 0 amide bonds. The van der Waals surface area contributed by atoms with Gasteiger partial charge in [0.05, 0.1) is 7.11 Å². The summed E-state index contributed by atoms with van der Waals surface area (Å²) >= 11 is 0. The summed E-state index contributed by atoms with van der Waals surface area (Å²) in [6.07, 6.45) is 4.06. The molecule has 0 bridgehead atoms. The molecular formula is C12H15NO3. The van der Waals surface area contributed by atoms with Crippen molar-refractivity contribution in [3.63, 3.8) is 0 Å². The van der Waals surface area contributed by atoms with Crippen molar-refractivity contribution in [3.05, 3.63) is 35.9 Å². The summed E-state index contributed by atoms with van der Waals surface area (Å²) in [5.41, 5.74) is 6.49. The highest BCUT2D eigenvalue weighted by atomic mass is 16.5. The van der Waals surface area contributed by atoms with Gasteiger partial charge in [0.2, 0.25) is 0 Å². The van der Waals surface area contributed by atoms with Gasteiger partial charge in [-0.1, -0.05) is 24.3 Å². The lowest BCUT2D eigenvalue weighted by atomic mass is 10.1. The molecular weight excluding hydrogens is 206 g/mol. The number of hydrogen-bond donors (Lipinski definition) is 2. The van der Waals surface area contributed by atoms with Crippen LogP contribution >= 0.6 is 0 Å². The number of rotatable bonds is 4. The number of carbonyl (C=O) groups excluding carboxylic acids is 1. The first kappa shape index (κ1) is 12.3. The fraction of sp³-hybridized carbons (Fsp3) is 0.250. The Balaban J connectivity index is 2.48. The quantitative estimate of drug-likeness (QED) is 0.751. The van der Waals surface area contributed by atoms with Crippen molar-refractivity contribution < 1.29 is 14.6 Å². The summed E-state index contributed by atoms with van der Waals surface area (Å²) in [5, 5.41) is 9.07. The third kappa shape index (κ3) is 3.74. The Bertz CT molecular complexity index is 370. The maximum atomic E-state index is 11.0. The summed E-state index contributed by atoms with van der Waals surface area (Å²) in [5.74, 6) is -0.196. The number of nitrogens with two attached hydrogens (primary N) is 1. The van der Waals surface area contributed by atoms with Crippen LogP contribution in [0.25, 0.3) is 6.08 Å². The summed E-state index contributed by atoms with van der Waals surface area (Å²) in [7, 11) is 1.31. The number of esters is 1. The van der Waals surface area contributed by atoms with Crippen LogP contribution in [-0.2, 0) is 9.53 Å². The van der Waals surface area contributed by atoms with E-state index in [1.807, 2.05) is 6.08 Å². The molecule has 4 nitrogen and oxygen atoms in total. The minimum Gasteiger partial charge on any atom is -0.508 e. The van der Waals surface area contributed by atoms with Gasteiger partial charge in [0.15, 0.2) is 0 Å². The molecule has 0 aliphatic carbocycles. The summed E-state index contributed by atoms with van der Waals surface area (Å²) in [6, 6.07) is 6.11. The smallest absolute Gasteiger partial charge is 0.322 e. The van der Waals surface area contributed by atoms with E-state index in [9.17, 15) is 4.79 Å². The zero-order chi connectivity index (χ0) is 12.0. The first-order chi connectivity index (χ1) is 7.63. The number of phenols is 1. The van der Waals surface area contributed by atoms with Gasteiger partial charge >= 0.3 is 5.97 Å². The van der Waals surface area contributed by atoms with E-state index in [0.29, 0.717) is 6.42 Å². The lowest BCUT2D eigenvalue weighted by molar-refractivity contribution is -0.142. The first-order valence-electron chi connectivity index (χ1n) is 4.92. The first-order valence-corrected chi connectivity index (χ1v) is 4.92. The maximum absolute atomic E-state index is 11.0. The Labute approximate surface area is 94.3 Å². The Kier molecular flexibility index (Phi) is 4.54. The zero-order valence-corrected chi connectivity index (χ0v) is 9.09. The molecule has 1 aromatic rings. The standard InChI is InChI=1S/C12H15NO3/c1-16-12(15)11(13)4-2-3-9-5-7-10(14)8-6-9/h2-3,5-8,11,14H,4,13H2,1H3/b3-2+. The second-order valence-corrected chi connectivity index (χ2v) is 3.36. The molecule has 0 heterocycles. The molecule has 0 saturated heterocycles. The van der Waals surface area contributed by atoms with E-state index < -0.39 is 12.0 Å². The molecule has 0 radical (unpaired) electrons. The predicted molar refractivity (Wildman–Crippen MR) is 61.7 cm³/mol. The van der Waals surface area contributed by atoms with Gasteiger partial charge in [-0.15, -0.1) is 0 Å². The summed E-state index contributed by atoms with van der Waals surface area (Å²) < 4.78 is 4.50. The normalized spacial score (nSPS) is 12.6. The average Bonchev–Trinajstić information content (AvgIpc) is 2.30. The third-order valence-electron chi connectivity index (χ3n) is 2.10. The van der Waals surface area contributed by atoms with Crippen LogP contribution < -0.4 is 5.73 Å². The highest BCUT2D eigenvalue weighted by molar-refractivity contribution is 5.75. The number of aromatic hydroxyl groups is 1. The van der Waals surface area contributed by atoms with E-state index >= 15 is 0 Å². The molecule has 16 heavy (non-hydrogen) atoms. The van der Waals surface area contributed by atoms with Crippen LogP contribution in [0.2, 0.25) is 0 Å². The van der Waals surface area contributed by atoms with Crippen LogP contribution in [0.5, 0.6) is 5.75 Å². The van der Waals surface area contributed by atoms with E-state index in [2.05, 4.69) is 4.74 Å². The summed E-state index contributed by atoms with van der Waals surface area (Å²) in [4.78, 5) is 11.0. The van der Waals surface area contributed by atoms with Crippen molar-refractivity contribution in [2.45, 2.75) is 12.5 Å².